The molecule has 7 nitrogen and oxygen atoms in total. The van der Waals surface area contributed by atoms with E-state index in [1.54, 1.807) is 18.4 Å². The summed E-state index contributed by atoms with van der Waals surface area (Å²) in [5.41, 5.74) is 0.320. The number of esters is 1. The van der Waals surface area contributed by atoms with E-state index in [4.69, 9.17) is 4.74 Å². The Morgan fingerprint density at radius 3 is 2.87 bits per heavy atom. The SMILES string of the molecule is CCOC(=O)c1ccsc1NC(=O)[C@@H]1CCCN(S(C)(=O)=O)C1. The summed E-state index contributed by atoms with van der Waals surface area (Å²) >= 11 is 1.24. The predicted octanol–water partition coefficient (Wildman–Crippen LogP) is 1.53. The minimum absolute atomic E-state index is 0.171. The zero-order valence-electron chi connectivity index (χ0n) is 13.1. The topological polar surface area (TPSA) is 92.8 Å². The highest BCUT2D eigenvalue weighted by Crippen LogP contribution is 2.26. The summed E-state index contributed by atoms with van der Waals surface area (Å²) in [7, 11) is -3.30. The third-order valence-corrected chi connectivity index (χ3v) is 5.72. The number of carbonyl (C=O) groups is 2. The van der Waals surface area contributed by atoms with Crippen LogP contribution < -0.4 is 5.32 Å². The van der Waals surface area contributed by atoms with Crippen LogP contribution in [0.25, 0.3) is 0 Å². The van der Waals surface area contributed by atoms with Crippen molar-refractivity contribution in [2.24, 2.45) is 5.92 Å². The first kappa shape index (κ1) is 17.9. The molecule has 0 aliphatic carbocycles. The standard InChI is InChI=1S/C14H20N2O5S2/c1-3-21-14(18)11-6-8-22-13(11)15-12(17)10-5-4-7-16(9-10)23(2,19)20/h6,8,10H,3-5,7,9H2,1-2H3,(H,15,17)/t10-/m1/s1. The summed E-state index contributed by atoms with van der Waals surface area (Å²) in [5, 5.41) is 4.86. The number of ether oxygens (including phenoxy) is 1. The van der Waals surface area contributed by atoms with Crippen molar-refractivity contribution < 1.29 is 22.7 Å². The first-order valence-electron chi connectivity index (χ1n) is 7.33. The maximum atomic E-state index is 12.4. The molecule has 1 aromatic rings. The van der Waals surface area contributed by atoms with Crippen molar-refractivity contribution in [3.8, 4) is 0 Å². The minimum atomic E-state index is -3.30. The molecule has 0 aromatic carbocycles. The molecule has 1 amide bonds. The van der Waals surface area contributed by atoms with E-state index in [-0.39, 0.29) is 19.1 Å². The zero-order valence-corrected chi connectivity index (χ0v) is 14.7. The van der Waals surface area contributed by atoms with Gasteiger partial charge in [-0.15, -0.1) is 11.3 Å². The van der Waals surface area contributed by atoms with Crippen LogP contribution in [0.4, 0.5) is 5.00 Å². The van der Waals surface area contributed by atoms with Crippen molar-refractivity contribution in [2.75, 3.05) is 31.3 Å². The number of hydrogen-bond donors (Lipinski definition) is 1. The monoisotopic (exact) mass is 360 g/mol. The molecular formula is C14H20N2O5S2. The Bertz CT molecular complexity index is 683. The van der Waals surface area contributed by atoms with E-state index in [0.29, 0.717) is 30.0 Å². The van der Waals surface area contributed by atoms with Gasteiger partial charge in [0.1, 0.15) is 5.00 Å². The van der Waals surface area contributed by atoms with Crippen molar-refractivity contribution >= 4 is 38.2 Å². The molecule has 0 bridgehead atoms. The van der Waals surface area contributed by atoms with Crippen LogP contribution in [-0.2, 0) is 19.6 Å². The third kappa shape index (κ3) is 4.52. The van der Waals surface area contributed by atoms with Gasteiger partial charge < -0.3 is 10.1 Å². The molecule has 128 valence electrons. The number of anilines is 1. The quantitative estimate of drug-likeness (QED) is 0.804. The molecular weight excluding hydrogens is 340 g/mol. The smallest absolute Gasteiger partial charge is 0.341 e. The molecule has 1 saturated heterocycles. The Kier molecular flexibility index (Phi) is 5.77. The Morgan fingerprint density at radius 2 is 2.22 bits per heavy atom. The lowest BCUT2D eigenvalue weighted by molar-refractivity contribution is -0.120. The van der Waals surface area contributed by atoms with Gasteiger partial charge in [0, 0.05) is 13.1 Å². The maximum Gasteiger partial charge on any atom is 0.341 e. The van der Waals surface area contributed by atoms with Crippen LogP contribution in [-0.4, -0.2) is 50.6 Å². The van der Waals surface area contributed by atoms with Crippen molar-refractivity contribution in [1.29, 1.82) is 0 Å². The summed E-state index contributed by atoms with van der Waals surface area (Å²) in [4.78, 5) is 24.2. The van der Waals surface area contributed by atoms with Gasteiger partial charge in [0.25, 0.3) is 0 Å². The zero-order chi connectivity index (χ0) is 17.0. The second-order valence-electron chi connectivity index (χ2n) is 5.33. The van der Waals surface area contributed by atoms with Crippen LogP contribution in [0.5, 0.6) is 0 Å². The van der Waals surface area contributed by atoms with Crippen LogP contribution in [0.3, 0.4) is 0 Å². The number of amides is 1. The minimum Gasteiger partial charge on any atom is -0.462 e. The number of hydrogen-bond acceptors (Lipinski definition) is 6. The van der Waals surface area contributed by atoms with E-state index in [1.165, 1.54) is 15.6 Å². The molecule has 0 saturated carbocycles. The molecule has 23 heavy (non-hydrogen) atoms. The fourth-order valence-electron chi connectivity index (χ4n) is 2.45. The molecule has 1 atom stereocenters. The van der Waals surface area contributed by atoms with E-state index >= 15 is 0 Å². The van der Waals surface area contributed by atoms with E-state index in [2.05, 4.69) is 5.32 Å². The summed E-state index contributed by atoms with van der Waals surface area (Å²) in [5.74, 6) is -1.17. The Morgan fingerprint density at radius 1 is 1.48 bits per heavy atom. The number of piperidine rings is 1. The molecule has 1 fully saturated rings. The summed E-state index contributed by atoms with van der Waals surface area (Å²) in [6.07, 6.45) is 2.41. The van der Waals surface area contributed by atoms with Crippen LogP contribution >= 0.6 is 11.3 Å². The molecule has 1 N–H and O–H groups in total. The number of carbonyl (C=O) groups excluding carboxylic acids is 2. The van der Waals surface area contributed by atoms with Crippen molar-refractivity contribution in [1.82, 2.24) is 4.31 Å². The molecule has 9 heteroatoms. The third-order valence-electron chi connectivity index (χ3n) is 3.62. The molecule has 0 spiro atoms. The highest BCUT2D eigenvalue weighted by atomic mass is 32.2. The average molecular weight is 360 g/mol. The normalized spacial score (nSPS) is 19.3. The van der Waals surface area contributed by atoms with Crippen molar-refractivity contribution in [3.05, 3.63) is 17.0 Å². The molecule has 1 aromatic heterocycles. The van der Waals surface area contributed by atoms with Gasteiger partial charge in [0.05, 0.1) is 24.3 Å². The van der Waals surface area contributed by atoms with Crippen molar-refractivity contribution in [2.45, 2.75) is 19.8 Å². The molecule has 2 heterocycles. The summed E-state index contributed by atoms with van der Waals surface area (Å²) in [6, 6.07) is 1.60. The second-order valence-corrected chi connectivity index (χ2v) is 8.23. The van der Waals surface area contributed by atoms with Crippen LogP contribution in [0.2, 0.25) is 0 Å². The Balaban J connectivity index is 2.05. The van der Waals surface area contributed by atoms with Crippen LogP contribution in [0.15, 0.2) is 11.4 Å². The highest BCUT2D eigenvalue weighted by molar-refractivity contribution is 7.88. The number of nitrogens with zero attached hydrogens (tertiary/aromatic N) is 1. The average Bonchev–Trinajstić information content (AvgIpc) is 2.95. The van der Waals surface area contributed by atoms with Gasteiger partial charge in [-0.2, -0.15) is 0 Å². The molecule has 1 aliphatic heterocycles. The number of nitrogens with one attached hydrogen (secondary N) is 1. The lowest BCUT2D eigenvalue weighted by atomic mass is 9.99. The Hall–Kier alpha value is -1.45. The van der Waals surface area contributed by atoms with E-state index in [9.17, 15) is 18.0 Å². The van der Waals surface area contributed by atoms with E-state index in [0.717, 1.165) is 6.26 Å². The lowest BCUT2D eigenvalue weighted by Gasteiger charge is -2.30. The largest absolute Gasteiger partial charge is 0.462 e. The van der Waals surface area contributed by atoms with Gasteiger partial charge in [-0.05, 0) is 31.2 Å². The molecule has 0 radical (unpaired) electrons. The number of rotatable bonds is 5. The van der Waals surface area contributed by atoms with E-state index < -0.39 is 21.9 Å². The first-order valence-corrected chi connectivity index (χ1v) is 10.1. The van der Waals surface area contributed by atoms with Crippen LogP contribution in [0, 0.1) is 5.92 Å². The number of thiophene rings is 1. The Labute approximate surface area is 139 Å². The van der Waals surface area contributed by atoms with Gasteiger partial charge >= 0.3 is 5.97 Å². The number of sulfonamides is 1. The first-order chi connectivity index (χ1) is 10.8. The maximum absolute atomic E-state index is 12.4. The molecule has 1 aliphatic rings. The van der Waals surface area contributed by atoms with Crippen molar-refractivity contribution in [3.63, 3.8) is 0 Å². The van der Waals surface area contributed by atoms with Gasteiger partial charge in [-0.3, -0.25) is 4.79 Å². The van der Waals surface area contributed by atoms with E-state index in [1.807, 2.05) is 0 Å². The fraction of sp³-hybridized carbons (Fsp3) is 0.571. The summed E-state index contributed by atoms with van der Waals surface area (Å²) < 4.78 is 29.5. The predicted molar refractivity (Wildman–Crippen MR) is 88.0 cm³/mol. The van der Waals surface area contributed by atoms with Gasteiger partial charge in [0.15, 0.2) is 0 Å². The lowest BCUT2D eigenvalue weighted by Crippen LogP contribution is -2.43. The van der Waals surface area contributed by atoms with Gasteiger partial charge in [0.2, 0.25) is 15.9 Å². The van der Waals surface area contributed by atoms with Gasteiger partial charge in [-0.25, -0.2) is 17.5 Å². The molecule has 0 unspecified atom stereocenters. The van der Waals surface area contributed by atoms with Gasteiger partial charge in [-0.1, -0.05) is 0 Å². The highest BCUT2D eigenvalue weighted by Gasteiger charge is 2.31. The summed E-state index contributed by atoms with van der Waals surface area (Å²) in [6.45, 7) is 2.58. The fourth-order valence-corrected chi connectivity index (χ4v) is 4.14. The van der Waals surface area contributed by atoms with Crippen LogP contribution in [0.1, 0.15) is 30.1 Å². The second kappa shape index (κ2) is 7.41. The molecule has 2 rings (SSSR count).